The first-order valence-corrected chi connectivity index (χ1v) is 14.7. The molecule has 0 aliphatic heterocycles. The highest BCUT2D eigenvalue weighted by Crippen LogP contribution is 2.23. The van der Waals surface area contributed by atoms with Gasteiger partial charge < -0.3 is 20.1 Å². The van der Waals surface area contributed by atoms with Crippen LogP contribution in [0.2, 0.25) is 0 Å². The predicted octanol–water partition coefficient (Wildman–Crippen LogP) is 7.01. The van der Waals surface area contributed by atoms with Gasteiger partial charge in [-0.05, 0) is 60.4 Å². The van der Waals surface area contributed by atoms with E-state index in [1.807, 2.05) is 19.9 Å². The Hall–Kier alpha value is -4.98. The van der Waals surface area contributed by atoms with Crippen molar-refractivity contribution < 1.29 is 28.6 Å². The van der Waals surface area contributed by atoms with Gasteiger partial charge in [0.1, 0.15) is 17.6 Å². The van der Waals surface area contributed by atoms with Gasteiger partial charge in [0.15, 0.2) is 5.78 Å². The summed E-state index contributed by atoms with van der Waals surface area (Å²) in [6.07, 6.45) is 1.08. The molecule has 0 fully saturated rings. The monoisotopic (exact) mass is 596 g/mol. The van der Waals surface area contributed by atoms with E-state index in [-0.39, 0.29) is 24.0 Å². The summed E-state index contributed by atoms with van der Waals surface area (Å²) in [5.74, 6) is -0.909. The standard InChI is InChI=1S/C36H37FN2O5/c1-25(2)22-34(40)39(29-13-8-12-28(37)24-29)20-9-21-44-30-18-16-26(17-19-30)23-33(36(42)43)38-32-15-7-6-14-31(32)35(41)27-10-4-3-5-11-27/h3-8,10-19,24-25,33,38H,9,20-23H2,1-2H3,(H,42,43)/t33-/m0/s1. The molecular weight excluding hydrogens is 559 g/mol. The van der Waals surface area contributed by atoms with Gasteiger partial charge in [-0.2, -0.15) is 0 Å². The zero-order valence-corrected chi connectivity index (χ0v) is 24.9. The average molecular weight is 597 g/mol. The maximum absolute atomic E-state index is 13.8. The lowest BCUT2D eigenvalue weighted by atomic mass is 10.00. The molecule has 44 heavy (non-hydrogen) atoms. The van der Waals surface area contributed by atoms with Gasteiger partial charge in [-0.25, -0.2) is 9.18 Å². The second-order valence-corrected chi connectivity index (χ2v) is 10.9. The Balaban J connectivity index is 1.34. The number of hydrogen-bond acceptors (Lipinski definition) is 5. The Morgan fingerprint density at radius 1 is 0.886 bits per heavy atom. The number of carbonyl (C=O) groups excluding carboxylic acids is 2. The molecule has 0 saturated heterocycles. The Kier molecular flexibility index (Phi) is 11.2. The molecule has 0 spiro atoms. The molecule has 0 heterocycles. The van der Waals surface area contributed by atoms with Gasteiger partial charge in [0.05, 0.1) is 6.61 Å². The number of anilines is 2. The summed E-state index contributed by atoms with van der Waals surface area (Å²) in [6.45, 7) is 4.66. The van der Waals surface area contributed by atoms with Crippen molar-refractivity contribution in [3.05, 3.63) is 126 Å². The van der Waals surface area contributed by atoms with Gasteiger partial charge in [0, 0.05) is 41.9 Å². The maximum Gasteiger partial charge on any atom is 0.326 e. The first-order chi connectivity index (χ1) is 21.2. The minimum atomic E-state index is -1.04. The lowest BCUT2D eigenvalue weighted by Crippen LogP contribution is -2.33. The molecule has 0 bridgehead atoms. The van der Waals surface area contributed by atoms with Gasteiger partial charge >= 0.3 is 5.97 Å². The van der Waals surface area contributed by atoms with E-state index in [0.717, 1.165) is 5.56 Å². The first-order valence-electron chi connectivity index (χ1n) is 14.7. The predicted molar refractivity (Wildman–Crippen MR) is 170 cm³/mol. The lowest BCUT2D eigenvalue weighted by molar-refractivity contribution is -0.137. The summed E-state index contributed by atoms with van der Waals surface area (Å²) in [7, 11) is 0. The van der Waals surface area contributed by atoms with Crippen LogP contribution in [0.5, 0.6) is 5.75 Å². The SMILES string of the molecule is CC(C)CC(=O)N(CCCOc1ccc(C[C@H](Nc2ccccc2C(=O)c2ccccc2)C(=O)O)cc1)c1cccc(F)c1. The van der Waals surface area contributed by atoms with Crippen molar-refractivity contribution >= 4 is 29.0 Å². The van der Waals surface area contributed by atoms with Crippen LogP contribution in [0.1, 0.15) is 48.2 Å². The van der Waals surface area contributed by atoms with Crippen molar-refractivity contribution in [1.82, 2.24) is 0 Å². The number of amides is 1. The molecule has 0 unspecified atom stereocenters. The number of ketones is 1. The molecule has 7 nitrogen and oxygen atoms in total. The smallest absolute Gasteiger partial charge is 0.326 e. The number of para-hydroxylation sites is 1. The highest BCUT2D eigenvalue weighted by Gasteiger charge is 2.22. The number of carbonyl (C=O) groups is 3. The summed E-state index contributed by atoms with van der Waals surface area (Å²) < 4.78 is 19.7. The van der Waals surface area contributed by atoms with Crippen molar-refractivity contribution in [2.45, 2.75) is 39.2 Å². The Morgan fingerprint density at radius 3 is 2.27 bits per heavy atom. The van der Waals surface area contributed by atoms with E-state index in [9.17, 15) is 23.9 Å². The minimum Gasteiger partial charge on any atom is -0.494 e. The van der Waals surface area contributed by atoms with Crippen molar-refractivity contribution in [2.24, 2.45) is 5.92 Å². The second-order valence-electron chi connectivity index (χ2n) is 10.9. The summed E-state index contributed by atoms with van der Waals surface area (Å²) in [4.78, 5) is 39.7. The van der Waals surface area contributed by atoms with E-state index >= 15 is 0 Å². The lowest BCUT2D eigenvalue weighted by Gasteiger charge is -2.24. The first kappa shape index (κ1) is 31.9. The van der Waals surface area contributed by atoms with Crippen molar-refractivity contribution in [2.75, 3.05) is 23.4 Å². The Bertz CT molecular complexity index is 1560. The normalized spacial score (nSPS) is 11.5. The highest BCUT2D eigenvalue weighted by molar-refractivity contribution is 6.12. The molecule has 0 aromatic heterocycles. The van der Waals surface area contributed by atoms with Crippen LogP contribution in [-0.4, -0.2) is 42.0 Å². The van der Waals surface area contributed by atoms with Crippen LogP contribution < -0.4 is 15.0 Å². The van der Waals surface area contributed by atoms with Crippen LogP contribution in [0.3, 0.4) is 0 Å². The molecule has 0 aliphatic rings. The number of rotatable bonds is 15. The number of benzene rings is 4. The van der Waals surface area contributed by atoms with Crippen LogP contribution in [0.15, 0.2) is 103 Å². The summed E-state index contributed by atoms with van der Waals surface area (Å²) in [5.41, 5.74) is 2.67. The number of hydrogen-bond donors (Lipinski definition) is 2. The Morgan fingerprint density at radius 2 is 1.59 bits per heavy atom. The molecule has 1 amide bonds. The molecule has 4 rings (SSSR count). The van der Waals surface area contributed by atoms with Crippen molar-refractivity contribution in [3.8, 4) is 5.75 Å². The zero-order chi connectivity index (χ0) is 31.5. The number of nitrogens with zero attached hydrogens (tertiary/aromatic N) is 1. The molecular formula is C36H37FN2O5. The quantitative estimate of drug-likeness (QED) is 0.113. The van der Waals surface area contributed by atoms with E-state index in [1.165, 1.54) is 12.1 Å². The number of halogens is 1. The number of ether oxygens (including phenoxy) is 1. The van der Waals surface area contributed by atoms with Crippen LogP contribution in [0, 0.1) is 11.7 Å². The van der Waals surface area contributed by atoms with Gasteiger partial charge in [-0.15, -0.1) is 0 Å². The molecule has 0 radical (unpaired) electrons. The van der Waals surface area contributed by atoms with E-state index in [1.54, 1.807) is 89.8 Å². The fraction of sp³-hybridized carbons (Fsp3) is 0.250. The van der Waals surface area contributed by atoms with Gasteiger partial charge in [-0.3, -0.25) is 9.59 Å². The molecule has 4 aromatic rings. The average Bonchev–Trinajstić information content (AvgIpc) is 3.01. The molecule has 0 saturated carbocycles. The van der Waals surface area contributed by atoms with Gasteiger partial charge in [0.2, 0.25) is 5.91 Å². The Labute approximate surface area is 257 Å². The number of aliphatic carboxylic acids is 1. The topological polar surface area (TPSA) is 95.9 Å². The molecule has 4 aromatic carbocycles. The zero-order valence-electron chi connectivity index (χ0n) is 24.9. The third-order valence-corrected chi connectivity index (χ3v) is 7.00. The highest BCUT2D eigenvalue weighted by atomic mass is 19.1. The maximum atomic E-state index is 13.8. The van der Waals surface area contributed by atoms with E-state index in [4.69, 9.17) is 4.74 Å². The van der Waals surface area contributed by atoms with Crippen LogP contribution in [-0.2, 0) is 16.0 Å². The second kappa shape index (κ2) is 15.5. The molecule has 2 N–H and O–H groups in total. The number of carboxylic acid groups (broad SMARTS) is 1. The fourth-order valence-electron chi connectivity index (χ4n) is 4.81. The van der Waals surface area contributed by atoms with Crippen LogP contribution in [0.4, 0.5) is 15.8 Å². The summed E-state index contributed by atoms with van der Waals surface area (Å²) in [5, 5.41) is 13.0. The van der Waals surface area contributed by atoms with E-state index < -0.39 is 17.8 Å². The molecule has 8 heteroatoms. The van der Waals surface area contributed by atoms with E-state index in [2.05, 4.69) is 5.32 Å². The largest absolute Gasteiger partial charge is 0.494 e. The number of nitrogens with one attached hydrogen (secondary N) is 1. The molecule has 0 aliphatic carbocycles. The van der Waals surface area contributed by atoms with Crippen LogP contribution in [0.25, 0.3) is 0 Å². The molecule has 228 valence electrons. The molecule has 1 atom stereocenters. The summed E-state index contributed by atoms with van der Waals surface area (Å²) in [6, 6.07) is 27.9. The third kappa shape index (κ3) is 9.01. The summed E-state index contributed by atoms with van der Waals surface area (Å²) >= 11 is 0. The third-order valence-electron chi connectivity index (χ3n) is 7.00. The van der Waals surface area contributed by atoms with Crippen LogP contribution >= 0.6 is 0 Å². The fourth-order valence-corrected chi connectivity index (χ4v) is 4.81. The minimum absolute atomic E-state index is 0.0661. The number of carboxylic acids is 1. The van der Waals surface area contributed by atoms with Gasteiger partial charge in [-0.1, -0.05) is 74.5 Å². The van der Waals surface area contributed by atoms with Gasteiger partial charge in [0.25, 0.3) is 0 Å². The van der Waals surface area contributed by atoms with E-state index in [0.29, 0.717) is 54.2 Å². The van der Waals surface area contributed by atoms with Crippen molar-refractivity contribution in [1.29, 1.82) is 0 Å². The van der Waals surface area contributed by atoms with Crippen molar-refractivity contribution in [3.63, 3.8) is 0 Å².